The third-order valence-corrected chi connectivity index (χ3v) is 3.91. The summed E-state index contributed by atoms with van der Waals surface area (Å²) in [7, 11) is -4.41. The number of rotatable bonds is 5. The normalized spacial score (nSPS) is 15.8. The molecule has 1 fully saturated rings. The zero-order valence-electron chi connectivity index (χ0n) is 10.9. The summed E-state index contributed by atoms with van der Waals surface area (Å²) >= 11 is 0. The number of carbonyl (C=O) groups excluding carboxylic acids is 1. The highest BCUT2D eigenvalue weighted by Crippen LogP contribution is 2.21. The van der Waals surface area contributed by atoms with Crippen LogP contribution in [0.15, 0.2) is 30.3 Å². The van der Waals surface area contributed by atoms with Crippen molar-refractivity contribution in [1.29, 1.82) is 0 Å². The maximum atomic E-state index is 12.3. The Morgan fingerprint density at radius 2 is 1.95 bits per heavy atom. The van der Waals surface area contributed by atoms with Crippen LogP contribution in [0.4, 0.5) is 8.68 Å². The Morgan fingerprint density at radius 1 is 1.30 bits per heavy atom. The van der Waals surface area contributed by atoms with Crippen LogP contribution in [0.2, 0.25) is 0 Å². The highest BCUT2D eigenvalue weighted by Gasteiger charge is 2.32. The van der Waals surface area contributed by atoms with Crippen molar-refractivity contribution in [1.82, 2.24) is 4.90 Å². The number of hydrogen-bond donors (Lipinski definition) is 0. The molecule has 0 unspecified atom stereocenters. The van der Waals surface area contributed by atoms with Crippen molar-refractivity contribution >= 4 is 16.3 Å². The SMILES string of the molecule is O=C(OCc1ccccc1)N1CC(CCS(=O)(=O)F)C1. The van der Waals surface area contributed by atoms with Gasteiger partial charge in [0.05, 0.1) is 5.75 Å². The summed E-state index contributed by atoms with van der Waals surface area (Å²) in [5.74, 6) is -0.449. The zero-order chi connectivity index (χ0) is 14.6. The maximum absolute atomic E-state index is 12.3. The Morgan fingerprint density at radius 3 is 2.55 bits per heavy atom. The van der Waals surface area contributed by atoms with Crippen LogP contribution in [0.1, 0.15) is 12.0 Å². The second kappa shape index (κ2) is 6.21. The first kappa shape index (κ1) is 14.8. The molecule has 2 rings (SSSR count). The standard InChI is InChI=1S/C13H16FNO4S/c14-20(17,18)7-6-12-8-15(9-12)13(16)19-10-11-4-2-1-3-5-11/h1-5,12H,6-10H2. The number of halogens is 1. The smallest absolute Gasteiger partial charge is 0.410 e. The summed E-state index contributed by atoms with van der Waals surface area (Å²) in [6.07, 6.45) is -0.186. The van der Waals surface area contributed by atoms with E-state index in [1.807, 2.05) is 30.3 Å². The van der Waals surface area contributed by atoms with Crippen LogP contribution in [-0.4, -0.2) is 38.3 Å². The van der Waals surface area contributed by atoms with Gasteiger partial charge in [-0.3, -0.25) is 0 Å². The fraction of sp³-hybridized carbons (Fsp3) is 0.462. The minimum absolute atomic E-state index is 0.0322. The molecular weight excluding hydrogens is 285 g/mol. The van der Waals surface area contributed by atoms with E-state index in [1.54, 1.807) is 0 Å². The molecule has 0 N–H and O–H groups in total. The van der Waals surface area contributed by atoms with E-state index in [-0.39, 0.29) is 18.9 Å². The fourth-order valence-corrected chi connectivity index (χ4v) is 2.63. The topological polar surface area (TPSA) is 63.7 Å². The highest BCUT2D eigenvalue weighted by molar-refractivity contribution is 7.86. The van der Waals surface area contributed by atoms with E-state index in [0.29, 0.717) is 13.1 Å². The van der Waals surface area contributed by atoms with Crippen LogP contribution in [0.5, 0.6) is 0 Å². The molecule has 7 heteroatoms. The first-order valence-electron chi connectivity index (χ1n) is 6.32. The van der Waals surface area contributed by atoms with Gasteiger partial charge in [0.15, 0.2) is 0 Å². The minimum Gasteiger partial charge on any atom is -0.445 e. The van der Waals surface area contributed by atoms with Crippen LogP contribution < -0.4 is 0 Å². The average Bonchev–Trinajstić information content (AvgIpc) is 2.34. The van der Waals surface area contributed by atoms with Crippen molar-refractivity contribution in [2.24, 2.45) is 5.92 Å². The number of nitrogens with zero attached hydrogens (tertiary/aromatic N) is 1. The molecule has 1 amide bonds. The molecule has 0 aromatic heterocycles. The number of ether oxygens (including phenoxy) is 1. The number of amides is 1. The molecule has 1 aromatic carbocycles. The third kappa shape index (κ3) is 4.48. The molecule has 0 radical (unpaired) electrons. The molecule has 0 spiro atoms. The summed E-state index contributed by atoms with van der Waals surface area (Å²) in [5.41, 5.74) is 0.904. The summed E-state index contributed by atoms with van der Waals surface area (Å²) in [5, 5.41) is 0. The van der Waals surface area contributed by atoms with Gasteiger partial charge < -0.3 is 9.64 Å². The van der Waals surface area contributed by atoms with E-state index in [4.69, 9.17) is 4.74 Å². The molecule has 20 heavy (non-hydrogen) atoms. The second-order valence-corrected chi connectivity index (χ2v) is 6.33. The van der Waals surface area contributed by atoms with Gasteiger partial charge in [-0.05, 0) is 17.9 Å². The van der Waals surface area contributed by atoms with Gasteiger partial charge in [0.1, 0.15) is 6.61 Å². The average molecular weight is 301 g/mol. The van der Waals surface area contributed by atoms with Gasteiger partial charge in [0, 0.05) is 13.1 Å². The molecule has 1 aliphatic rings. The van der Waals surface area contributed by atoms with Gasteiger partial charge in [0.2, 0.25) is 0 Å². The van der Waals surface area contributed by atoms with Crippen molar-refractivity contribution in [2.75, 3.05) is 18.8 Å². The van der Waals surface area contributed by atoms with Gasteiger partial charge in [-0.2, -0.15) is 8.42 Å². The van der Waals surface area contributed by atoms with Gasteiger partial charge in [-0.25, -0.2) is 4.79 Å². The third-order valence-electron chi connectivity index (χ3n) is 3.19. The lowest BCUT2D eigenvalue weighted by atomic mass is 9.98. The van der Waals surface area contributed by atoms with Gasteiger partial charge in [-0.1, -0.05) is 30.3 Å². The maximum Gasteiger partial charge on any atom is 0.410 e. The molecule has 0 atom stereocenters. The zero-order valence-corrected chi connectivity index (χ0v) is 11.7. The summed E-state index contributed by atoms with van der Waals surface area (Å²) in [4.78, 5) is 13.1. The predicted octanol–water partition coefficient (Wildman–Crippen LogP) is 1.94. The monoisotopic (exact) mass is 301 g/mol. The summed E-state index contributed by atoms with van der Waals surface area (Å²) in [6, 6.07) is 9.32. The molecule has 1 saturated heterocycles. The largest absolute Gasteiger partial charge is 0.445 e. The first-order chi connectivity index (χ1) is 9.44. The van der Waals surface area contributed by atoms with Crippen molar-refractivity contribution in [3.05, 3.63) is 35.9 Å². The molecule has 1 aliphatic heterocycles. The molecule has 110 valence electrons. The molecule has 0 bridgehead atoms. The summed E-state index contributed by atoms with van der Waals surface area (Å²) < 4.78 is 38.2. The lowest BCUT2D eigenvalue weighted by molar-refractivity contribution is 0.0487. The second-order valence-electron chi connectivity index (χ2n) is 4.84. The number of benzene rings is 1. The first-order valence-corrected chi connectivity index (χ1v) is 7.87. The Balaban J connectivity index is 1.67. The van der Waals surface area contributed by atoms with E-state index >= 15 is 0 Å². The molecule has 0 aliphatic carbocycles. The Bertz CT molecular complexity index is 555. The molecule has 1 aromatic rings. The Hall–Kier alpha value is -1.63. The minimum atomic E-state index is -4.41. The molecular formula is C13H16FNO4S. The van der Waals surface area contributed by atoms with Crippen LogP contribution in [0, 0.1) is 5.92 Å². The van der Waals surface area contributed by atoms with E-state index in [0.717, 1.165) is 5.56 Å². The van der Waals surface area contributed by atoms with Crippen molar-refractivity contribution in [3.8, 4) is 0 Å². The molecule has 0 saturated carbocycles. The Kier molecular flexibility index (Phi) is 4.59. The van der Waals surface area contributed by atoms with E-state index < -0.39 is 22.1 Å². The van der Waals surface area contributed by atoms with Crippen LogP contribution in [0.25, 0.3) is 0 Å². The van der Waals surface area contributed by atoms with Gasteiger partial charge in [0.25, 0.3) is 0 Å². The number of hydrogen-bond acceptors (Lipinski definition) is 4. The summed E-state index contributed by atoms with van der Waals surface area (Å²) in [6.45, 7) is 1.05. The van der Waals surface area contributed by atoms with Crippen LogP contribution in [-0.2, 0) is 21.6 Å². The van der Waals surface area contributed by atoms with E-state index in [9.17, 15) is 17.1 Å². The fourth-order valence-electron chi connectivity index (χ4n) is 2.02. The lowest BCUT2D eigenvalue weighted by Gasteiger charge is -2.38. The van der Waals surface area contributed by atoms with E-state index in [1.165, 1.54) is 4.90 Å². The van der Waals surface area contributed by atoms with Crippen molar-refractivity contribution in [2.45, 2.75) is 13.0 Å². The van der Waals surface area contributed by atoms with Crippen molar-refractivity contribution < 1.29 is 21.8 Å². The highest BCUT2D eigenvalue weighted by atomic mass is 32.3. The van der Waals surface area contributed by atoms with Crippen molar-refractivity contribution in [3.63, 3.8) is 0 Å². The quantitative estimate of drug-likeness (QED) is 0.780. The number of likely N-dealkylation sites (tertiary alicyclic amines) is 1. The molecule has 1 heterocycles. The van der Waals surface area contributed by atoms with E-state index in [2.05, 4.69) is 0 Å². The number of carbonyl (C=O) groups is 1. The predicted molar refractivity (Wildman–Crippen MR) is 71.2 cm³/mol. The Labute approximate surface area is 117 Å². The molecule has 5 nitrogen and oxygen atoms in total. The lowest BCUT2D eigenvalue weighted by Crippen LogP contribution is -2.50. The van der Waals surface area contributed by atoms with Crippen LogP contribution in [0.3, 0.4) is 0 Å². The van der Waals surface area contributed by atoms with Gasteiger partial charge >= 0.3 is 16.3 Å². The van der Waals surface area contributed by atoms with Crippen LogP contribution >= 0.6 is 0 Å². The van der Waals surface area contributed by atoms with Gasteiger partial charge in [-0.15, -0.1) is 3.89 Å².